The average Bonchev–Trinajstić information content (AvgIpc) is 2.77. The third kappa shape index (κ3) is 3.26. The Morgan fingerprint density at radius 3 is 2.50 bits per heavy atom. The van der Waals surface area contributed by atoms with Crippen molar-refractivity contribution in [3.63, 3.8) is 0 Å². The number of benzene rings is 1. The molecule has 0 spiro atoms. The van der Waals surface area contributed by atoms with Crippen LogP contribution in [-0.4, -0.2) is 29.8 Å². The molecule has 1 aromatic rings. The minimum absolute atomic E-state index is 0.255. The third-order valence-corrected chi connectivity index (χ3v) is 4.05. The minimum Gasteiger partial charge on any atom is -0.342 e. The van der Waals surface area contributed by atoms with Gasteiger partial charge in [-0.15, -0.1) is 11.6 Å². The van der Waals surface area contributed by atoms with Crippen molar-refractivity contribution >= 4 is 17.5 Å². The number of hydrogen-bond donors (Lipinski definition) is 0. The fourth-order valence-corrected chi connectivity index (χ4v) is 2.59. The fraction of sp³-hybridized carbons (Fsp3) is 0.533. The van der Waals surface area contributed by atoms with Gasteiger partial charge in [0.2, 0.25) is 5.91 Å². The van der Waals surface area contributed by atoms with Crippen molar-refractivity contribution in [3.05, 3.63) is 35.4 Å². The van der Waals surface area contributed by atoms with E-state index < -0.39 is 0 Å². The van der Waals surface area contributed by atoms with Gasteiger partial charge in [0, 0.05) is 25.4 Å². The van der Waals surface area contributed by atoms with Gasteiger partial charge in [0.1, 0.15) is 0 Å². The van der Waals surface area contributed by atoms with Crippen LogP contribution in [0.4, 0.5) is 0 Å². The summed E-state index contributed by atoms with van der Waals surface area (Å²) in [4.78, 5) is 13.7. The summed E-state index contributed by atoms with van der Waals surface area (Å²) in [6.07, 6.45) is 2.63. The molecule has 1 fully saturated rings. The topological polar surface area (TPSA) is 20.3 Å². The predicted octanol–water partition coefficient (Wildman–Crippen LogP) is 2.88. The molecule has 0 saturated carbocycles. The van der Waals surface area contributed by atoms with Crippen LogP contribution in [0.25, 0.3) is 0 Å². The molecular weight excluding hydrogens is 246 g/mol. The number of rotatable bonds is 5. The van der Waals surface area contributed by atoms with Crippen LogP contribution < -0.4 is 0 Å². The molecule has 98 valence electrons. The highest BCUT2D eigenvalue weighted by molar-refractivity contribution is 6.18. The highest BCUT2D eigenvalue weighted by Crippen LogP contribution is 2.19. The molecule has 1 aliphatic rings. The Morgan fingerprint density at radius 2 is 1.94 bits per heavy atom. The largest absolute Gasteiger partial charge is 0.342 e. The predicted molar refractivity (Wildman–Crippen MR) is 74.9 cm³/mol. The second-order valence-electron chi connectivity index (χ2n) is 4.98. The number of aryl methyl sites for hydroxylation is 1. The molecular formula is C15H20ClNO. The van der Waals surface area contributed by atoms with Crippen molar-refractivity contribution in [3.8, 4) is 0 Å². The van der Waals surface area contributed by atoms with Crippen LogP contribution in [0.2, 0.25) is 0 Å². The van der Waals surface area contributed by atoms with Gasteiger partial charge in [-0.25, -0.2) is 0 Å². The Hall–Kier alpha value is -1.02. The molecule has 1 heterocycles. The zero-order valence-corrected chi connectivity index (χ0v) is 11.6. The first-order valence-electron chi connectivity index (χ1n) is 6.64. The SMILES string of the molecule is CCc1ccc(CCN2CC(CCl)CC2=O)cc1. The number of likely N-dealkylation sites (tertiary alicyclic amines) is 1. The van der Waals surface area contributed by atoms with Crippen LogP contribution in [0, 0.1) is 5.92 Å². The Morgan fingerprint density at radius 1 is 1.28 bits per heavy atom. The summed E-state index contributed by atoms with van der Waals surface area (Å²) in [6.45, 7) is 3.80. The summed E-state index contributed by atoms with van der Waals surface area (Å²) >= 11 is 5.81. The Labute approximate surface area is 114 Å². The molecule has 2 nitrogen and oxygen atoms in total. The summed E-state index contributed by atoms with van der Waals surface area (Å²) in [6, 6.07) is 8.67. The van der Waals surface area contributed by atoms with Crippen molar-refractivity contribution in [2.75, 3.05) is 19.0 Å². The Kier molecular flexibility index (Phi) is 4.65. The quantitative estimate of drug-likeness (QED) is 0.750. The van der Waals surface area contributed by atoms with E-state index in [4.69, 9.17) is 11.6 Å². The molecule has 1 aliphatic heterocycles. The first kappa shape index (κ1) is 13.4. The molecule has 1 atom stereocenters. The van der Waals surface area contributed by atoms with Crippen molar-refractivity contribution in [2.45, 2.75) is 26.2 Å². The maximum Gasteiger partial charge on any atom is 0.222 e. The molecule has 0 radical (unpaired) electrons. The van der Waals surface area contributed by atoms with E-state index in [0.29, 0.717) is 18.2 Å². The normalized spacial score (nSPS) is 19.6. The van der Waals surface area contributed by atoms with Crippen molar-refractivity contribution < 1.29 is 4.79 Å². The van der Waals surface area contributed by atoms with E-state index in [2.05, 4.69) is 31.2 Å². The van der Waals surface area contributed by atoms with Crippen LogP contribution in [0.3, 0.4) is 0 Å². The highest BCUT2D eigenvalue weighted by atomic mass is 35.5. The Bertz CT molecular complexity index is 401. The standard InChI is InChI=1S/C15H20ClNO/c1-2-12-3-5-13(6-4-12)7-8-17-11-14(10-16)9-15(17)18/h3-6,14H,2,7-11H2,1H3. The molecule has 0 bridgehead atoms. The number of nitrogens with zero attached hydrogens (tertiary/aromatic N) is 1. The van der Waals surface area contributed by atoms with Crippen molar-refractivity contribution in [2.24, 2.45) is 5.92 Å². The average molecular weight is 266 g/mol. The molecule has 18 heavy (non-hydrogen) atoms. The monoisotopic (exact) mass is 265 g/mol. The number of hydrogen-bond acceptors (Lipinski definition) is 1. The molecule has 1 amide bonds. The van der Waals surface area contributed by atoms with Crippen LogP contribution in [0.1, 0.15) is 24.5 Å². The molecule has 3 heteroatoms. The highest BCUT2D eigenvalue weighted by Gasteiger charge is 2.28. The summed E-state index contributed by atoms with van der Waals surface area (Å²) < 4.78 is 0. The summed E-state index contributed by atoms with van der Waals surface area (Å²) in [5.74, 6) is 1.19. The molecule has 0 aliphatic carbocycles. The van der Waals surface area contributed by atoms with Gasteiger partial charge in [0.25, 0.3) is 0 Å². The number of carbonyl (C=O) groups is 1. The van der Waals surface area contributed by atoms with Crippen molar-refractivity contribution in [1.29, 1.82) is 0 Å². The first-order chi connectivity index (χ1) is 8.72. The van der Waals surface area contributed by atoms with Crippen LogP contribution in [0.5, 0.6) is 0 Å². The van der Waals surface area contributed by atoms with E-state index in [0.717, 1.165) is 25.9 Å². The van der Waals surface area contributed by atoms with E-state index in [-0.39, 0.29) is 5.91 Å². The van der Waals surface area contributed by atoms with Crippen LogP contribution >= 0.6 is 11.6 Å². The molecule has 2 rings (SSSR count). The van der Waals surface area contributed by atoms with Gasteiger partial charge in [0.15, 0.2) is 0 Å². The van der Waals surface area contributed by atoms with Gasteiger partial charge in [-0.2, -0.15) is 0 Å². The van der Waals surface area contributed by atoms with Gasteiger partial charge < -0.3 is 4.90 Å². The molecule has 1 aromatic carbocycles. The lowest BCUT2D eigenvalue weighted by molar-refractivity contribution is -0.127. The molecule has 0 N–H and O–H groups in total. The van der Waals surface area contributed by atoms with E-state index in [1.165, 1.54) is 11.1 Å². The second kappa shape index (κ2) is 6.24. The van der Waals surface area contributed by atoms with Gasteiger partial charge in [-0.1, -0.05) is 31.2 Å². The van der Waals surface area contributed by atoms with Gasteiger partial charge in [-0.3, -0.25) is 4.79 Å². The fourth-order valence-electron chi connectivity index (χ4n) is 2.38. The first-order valence-corrected chi connectivity index (χ1v) is 7.18. The van der Waals surface area contributed by atoms with E-state index in [1.54, 1.807) is 0 Å². The van der Waals surface area contributed by atoms with Crippen LogP contribution in [0.15, 0.2) is 24.3 Å². The van der Waals surface area contributed by atoms with E-state index in [9.17, 15) is 4.79 Å². The number of halogens is 1. The zero-order valence-electron chi connectivity index (χ0n) is 10.9. The molecule has 1 saturated heterocycles. The van der Waals surface area contributed by atoms with Crippen molar-refractivity contribution in [1.82, 2.24) is 4.90 Å². The third-order valence-electron chi connectivity index (χ3n) is 3.61. The molecule has 0 aromatic heterocycles. The zero-order chi connectivity index (χ0) is 13.0. The van der Waals surface area contributed by atoms with Crippen LogP contribution in [-0.2, 0) is 17.6 Å². The second-order valence-corrected chi connectivity index (χ2v) is 5.29. The lowest BCUT2D eigenvalue weighted by Crippen LogP contribution is -2.27. The lowest BCUT2D eigenvalue weighted by Gasteiger charge is -2.16. The summed E-state index contributed by atoms with van der Waals surface area (Å²) in [7, 11) is 0. The minimum atomic E-state index is 0.255. The lowest BCUT2D eigenvalue weighted by atomic mass is 10.1. The Balaban J connectivity index is 1.85. The van der Waals surface area contributed by atoms with E-state index >= 15 is 0 Å². The maximum absolute atomic E-state index is 11.7. The van der Waals surface area contributed by atoms with E-state index in [1.807, 2.05) is 4.90 Å². The molecule has 1 unspecified atom stereocenters. The number of carbonyl (C=O) groups excluding carboxylic acids is 1. The van der Waals surface area contributed by atoms with Gasteiger partial charge in [-0.05, 0) is 29.9 Å². The van der Waals surface area contributed by atoms with Gasteiger partial charge >= 0.3 is 0 Å². The smallest absolute Gasteiger partial charge is 0.222 e. The summed E-state index contributed by atoms with van der Waals surface area (Å²) in [5, 5.41) is 0. The number of alkyl halides is 1. The summed E-state index contributed by atoms with van der Waals surface area (Å²) in [5.41, 5.74) is 2.66. The number of amides is 1. The maximum atomic E-state index is 11.7. The van der Waals surface area contributed by atoms with Gasteiger partial charge in [0.05, 0.1) is 0 Å².